The number of hydrogen-bond acceptors (Lipinski definition) is 3. The molecule has 1 aliphatic carbocycles. The fourth-order valence-corrected chi connectivity index (χ4v) is 3.18. The van der Waals surface area contributed by atoms with Crippen LogP contribution < -0.4 is 14.8 Å². The summed E-state index contributed by atoms with van der Waals surface area (Å²) in [6.07, 6.45) is 3.96. The molecule has 19 heavy (non-hydrogen) atoms. The second-order valence-electron chi connectivity index (χ2n) is 5.19. The number of rotatable bonds is 5. The van der Waals surface area contributed by atoms with Crippen LogP contribution in [0.5, 0.6) is 11.5 Å². The number of ether oxygens (including phenoxy) is 2. The summed E-state index contributed by atoms with van der Waals surface area (Å²) >= 11 is 3.60. The Balaban J connectivity index is 2.07. The van der Waals surface area contributed by atoms with Gasteiger partial charge in [0.25, 0.3) is 0 Å². The Morgan fingerprint density at radius 1 is 1.21 bits per heavy atom. The third-order valence-electron chi connectivity index (χ3n) is 3.97. The van der Waals surface area contributed by atoms with E-state index in [1.807, 2.05) is 12.1 Å². The molecule has 0 aliphatic heterocycles. The van der Waals surface area contributed by atoms with E-state index >= 15 is 0 Å². The maximum atomic E-state index is 5.35. The Morgan fingerprint density at radius 2 is 1.89 bits per heavy atom. The van der Waals surface area contributed by atoms with Crippen molar-refractivity contribution in [3.8, 4) is 11.5 Å². The van der Waals surface area contributed by atoms with Gasteiger partial charge in [-0.15, -0.1) is 0 Å². The van der Waals surface area contributed by atoms with Crippen LogP contribution in [0.3, 0.4) is 0 Å². The molecule has 1 N–H and O–H groups in total. The van der Waals surface area contributed by atoms with Gasteiger partial charge in [0.05, 0.1) is 14.2 Å². The van der Waals surface area contributed by atoms with Crippen LogP contribution in [0.15, 0.2) is 16.6 Å². The summed E-state index contributed by atoms with van der Waals surface area (Å²) in [5, 5.41) is 3.65. The third-order valence-corrected chi connectivity index (χ3v) is 4.71. The quantitative estimate of drug-likeness (QED) is 0.893. The Kier molecular flexibility index (Phi) is 5.11. The van der Waals surface area contributed by atoms with Gasteiger partial charge < -0.3 is 14.8 Å². The second kappa shape index (κ2) is 6.62. The molecule has 1 aromatic rings. The lowest BCUT2D eigenvalue weighted by Gasteiger charge is -2.18. The van der Waals surface area contributed by atoms with Crippen LogP contribution in [0.1, 0.15) is 31.7 Å². The van der Waals surface area contributed by atoms with Crippen LogP contribution in [0, 0.1) is 5.92 Å². The van der Waals surface area contributed by atoms with Gasteiger partial charge in [-0.25, -0.2) is 0 Å². The molecule has 1 saturated carbocycles. The van der Waals surface area contributed by atoms with Crippen LogP contribution >= 0.6 is 15.9 Å². The van der Waals surface area contributed by atoms with Crippen molar-refractivity contribution >= 4 is 15.9 Å². The molecule has 2 rings (SSSR count). The summed E-state index contributed by atoms with van der Waals surface area (Å²) in [4.78, 5) is 0. The summed E-state index contributed by atoms with van der Waals surface area (Å²) in [5.74, 6) is 2.31. The molecule has 1 aliphatic rings. The standard InChI is InChI=1S/C15H22BrNO2/c1-10-5-4-6-13(10)17-9-11-7-14(18-2)15(19-3)8-12(11)16/h7-8,10,13,17H,4-6,9H2,1-3H3. The monoisotopic (exact) mass is 327 g/mol. The highest BCUT2D eigenvalue weighted by molar-refractivity contribution is 9.10. The maximum absolute atomic E-state index is 5.35. The molecule has 0 spiro atoms. The molecule has 0 heterocycles. The smallest absolute Gasteiger partial charge is 0.161 e. The van der Waals surface area contributed by atoms with Crippen LogP contribution in [0.2, 0.25) is 0 Å². The minimum atomic E-state index is 0.639. The highest BCUT2D eigenvalue weighted by Gasteiger charge is 2.22. The second-order valence-corrected chi connectivity index (χ2v) is 6.05. The zero-order valence-corrected chi connectivity index (χ0v) is 13.4. The van der Waals surface area contributed by atoms with E-state index in [2.05, 4.69) is 28.2 Å². The average molecular weight is 328 g/mol. The van der Waals surface area contributed by atoms with Crippen molar-refractivity contribution in [1.82, 2.24) is 5.32 Å². The van der Waals surface area contributed by atoms with Crippen LogP contribution in [-0.2, 0) is 6.54 Å². The summed E-state index contributed by atoms with van der Waals surface area (Å²) < 4.78 is 11.7. The van der Waals surface area contributed by atoms with Gasteiger partial charge in [0.1, 0.15) is 0 Å². The van der Waals surface area contributed by atoms with Gasteiger partial charge >= 0.3 is 0 Å². The molecule has 0 aromatic heterocycles. The first-order valence-electron chi connectivity index (χ1n) is 6.79. The van der Waals surface area contributed by atoms with Crippen molar-refractivity contribution in [1.29, 1.82) is 0 Å². The van der Waals surface area contributed by atoms with Gasteiger partial charge in [-0.2, -0.15) is 0 Å². The van der Waals surface area contributed by atoms with Crippen molar-refractivity contribution in [2.24, 2.45) is 5.92 Å². The highest BCUT2D eigenvalue weighted by Crippen LogP contribution is 2.33. The van der Waals surface area contributed by atoms with Crippen LogP contribution in [-0.4, -0.2) is 20.3 Å². The van der Waals surface area contributed by atoms with Crippen molar-refractivity contribution in [3.05, 3.63) is 22.2 Å². The molecular formula is C15H22BrNO2. The molecule has 106 valence electrons. The normalized spacial score (nSPS) is 22.5. The van der Waals surface area contributed by atoms with Crippen molar-refractivity contribution in [3.63, 3.8) is 0 Å². The molecule has 0 radical (unpaired) electrons. The van der Waals surface area contributed by atoms with E-state index in [1.54, 1.807) is 14.2 Å². The van der Waals surface area contributed by atoms with Gasteiger partial charge in [-0.1, -0.05) is 29.3 Å². The SMILES string of the molecule is COc1cc(Br)c(CNC2CCCC2C)cc1OC. The maximum Gasteiger partial charge on any atom is 0.161 e. The predicted molar refractivity (Wildman–Crippen MR) is 80.9 cm³/mol. The summed E-state index contributed by atoms with van der Waals surface area (Å²) in [6.45, 7) is 3.18. The predicted octanol–water partition coefficient (Wildman–Crippen LogP) is 3.74. The van der Waals surface area contributed by atoms with Gasteiger partial charge in [0.2, 0.25) is 0 Å². The number of halogens is 1. The Morgan fingerprint density at radius 3 is 2.47 bits per heavy atom. The summed E-state index contributed by atoms with van der Waals surface area (Å²) in [6, 6.07) is 4.64. The molecule has 4 heteroatoms. The van der Waals surface area contributed by atoms with E-state index in [4.69, 9.17) is 9.47 Å². The molecule has 1 fully saturated rings. The Hall–Kier alpha value is -0.740. The van der Waals surface area contributed by atoms with E-state index in [1.165, 1.54) is 24.8 Å². The highest BCUT2D eigenvalue weighted by atomic mass is 79.9. The van der Waals surface area contributed by atoms with Crippen LogP contribution in [0.25, 0.3) is 0 Å². The van der Waals surface area contributed by atoms with E-state index < -0.39 is 0 Å². The van der Waals surface area contributed by atoms with Gasteiger partial charge in [0.15, 0.2) is 11.5 Å². The van der Waals surface area contributed by atoms with Crippen molar-refractivity contribution in [2.45, 2.75) is 38.8 Å². The Labute approximate surface area is 123 Å². The first-order valence-corrected chi connectivity index (χ1v) is 7.58. The first-order chi connectivity index (χ1) is 9.15. The van der Waals surface area contributed by atoms with Crippen molar-refractivity contribution in [2.75, 3.05) is 14.2 Å². The van der Waals surface area contributed by atoms with E-state index in [0.29, 0.717) is 6.04 Å². The minimum absolute atomic E-state index is 0.639. The fraction of sp³-hybridized carbons (Fsp3) is 0.600. The molecule has 2 atom stereocenters. The van der Waals surface area contributed by atoms with E-state index in [0.717, 1.165) is 28.4 Å². The summed E-state index contributed by atoms with van der Waals surface area (Å²) in [7, 11) is 3.32. The zero-order valence-electron chi connectivity index (χ0n) is 11.8. The molecule has 0 saturated heterocycles. The molecule has 0 amide bonds. The molecule has 3 nitrogen and oxygen atoms in total. The largest absolute Gasteiger partial charge is 0.493 e. The van der Waals surface area contributed by atoms with E-state index in [-0.39, 0.29) is 0 Å². The van der Waals surface area contributed by atoms with Crippen molar-refractivity contribution < 1.29 is 9.47 Å². The third kappa shape index (κ3) is 3.42. The lowest BCUT2D eigenvalue weighted by molar-refractivity contribution is 0.353. The topological polar surface area (TPSA) is 30.5 Å². The minimum Gasteiger partial charge on any atom is -0.493 e. The lowest BCUT2D eigenvalue weighted by Crippen LogP contribution is -2.30. The fourth-order valence-electron chi connectivity index (χ4n) is 2.72. The van der Waals surface area contributed by atoms with Gasteiger partial charge in [-0.3, -0.25) is 0 Å². The lowest BCUT2D eigenvalue weighted by atomic mass is 10.1. The van der Waals surface area contributed by atoms with Crippen LogP contribution in [0.4, 0.5) is 0 Å². The molecule has 1 aromatic carbocycles. The average Bonchev–Trinajstić information content (AvgIpc) is 2.82. The molecular weight excluding hydrogens is 306 g/mol. The van der Waals surface area contributed by atoms with E-state index in [9.17, 15) is 0 Å². The van der Waals surface area contributed by atoms with Gasteiger partial charge in [0, 0.05) is 17.1 Å². The first kappa shape index (κ1) is 14.7. The zero-order chi connectivity index (χ0) is 13.8. The van der Waals surface area contributed by atoms with Gasteiger partial charge in [-0.05, 0) is 36.5 Å². The number of hydrogen-bond donors (Lipinski definition) is 1. The molecule has 0 bridgehead atoms. The molecule has 2 unspecified atom stereocenters. The Bertz CT molecular complexity index is 436. The number of nitrogens with one attached hydrogen (secondary N) is 1. The number of methoxy groups -OCH3 is 2. The number of benzene rings is 1. The summed E-state index contributed by atoms with van der Waals surface area (Å²) in [5.41, 5.74) is 1.21.